The van der Waals surface area contributed by atoms with E-state index in [1.54, 1.807) is 0 Å². The van der Waals surface area contributed by atoms with Gasteiger partial charge in [-0.25, -0.2) is 9.31 Å². The number of halogens is 4. The fourth-order valence-electron chi connectivity index (χ4n) is 1.33. The molecule has 0 radical (unpaired) electrons. The molecule has 90 valence electrons. The predicted octanol–water partition coefficient (Wildman–Crippen LogP) is 2.70. The zero-order valence-electron chi connectivity index (χ0n) is 7.99. The molecule has 17 heavy (non-hydrogen) atoms. The Morgan fingerprint density at radius 1 is 1.35 bits per heavy atom. The number of carbonyl (C=O) groups is 1. The number of aromatic nitrogens is 2. The third-order valence-electron chi connectivity index (χ3n) is 2.06. The summed E-state index contributed by atoms with van der Waals surface area (Å²) in [6.07, 6.45) is -4.54. The Hall–Kier alpha value is -1.76. The summed E-state index contributed by atoms with van der Waals surface area (Å²) in [6, 6.07) is 2.49. The molecule has 2 rings (SSSR count). The summed E-state index contributed by atoms with van der Waals surface area (Å²) in [4.78, 5) is 10.6. The number of alkyl halides is 3. The molecule has 0 aliphatic carbocycles. The van der Waals surface area contributed by atoms with E-state index in [1.165, 1.54) is 0 Å². The Bertz CT molecular complexity index is 606. The lowest BCUT2D eigenvalue weighted by atomic mass is 10.2. The zero-order valence-corrected chi connectivity index (χ0v) is 8.75. The van der Waals surface area contributed by atoms with E-state index in [2.05, 4.69) is 5.10 Å². The Balaban J connectivity index is 2.69. The maximum Gasteiger partial charge on any atom is 0.416 e. The fourth-order valence-corrected chi connectivity index (χ4v) is 1.58. The molecule has 8 heteroatoms. The molecule has 0 saturated carbocycles. The number of nitrogens with zero attached hydrogens (tertiary/aromatic N) is 2. The van der Waals surface area contributed by atoms with Crippen molar-refractivity contribution in [1.29, 1.82) is 0 Å². The smallest absolute Gasteiger partial charge is 0.416 e. The van der Waals surface area contributed by atoms with Gasteiger partial charge >= 0.3 is 12.1 Å². The van der Waals surface area contributed by atoms with Crippen LogP contribution in [0, 0.1) is 0 Å². The number of rotatable bonds is 1. The molecule has 2 aromatic rings. The van der Waals surface area contributed by atoms with Gasteiger partial charge in [-0.2, -0.15) is 18.3 Å². The van der Waals surface area contributed by atoms with Crippen molar-refractivity contribution in [2.45, 2.75) is 6.18 Å². The van der Waals surface area contributed by atoms with E-state index >= 15 is 0 Å². The topological polar surface area (TPSA) is 54.6 Å². The second-order valence-corrected chi connectivity index (χ2v) is 3.62. The summed E-state index contributed by atoms with van der Waals surface area (Å²) in [5.74, 6) is -1.33. The van der Waals surface area contributed by atoms with E-state index in [9.17, 15) is 18.0 Å². The number of carboxylic acid groups (broad SMARTS) is 1. The van der Waals surface area contributed by atoms with Crippen molar-refractivity contribution in [1.82, 2.24) is 9.61 Å². The molecule has 2 heterocycles. The van der Waals surface area contributed by atoms with Crippen molar-refractivity contribution >= 4 is 23.1 Å². The fraction of sp³-hybridized carbons (Fsp3) is 0.111. The highest BCUT2D eigenvalue weighted by atomic mass is 35.5. The maximum atomic E-state index is 12.5. The Labute approximate surface area is 97.2 Å². The van der Waals surface area contributed by atoms with Gasteiger partial charge in [-0.1, -0.05) is 11.6 Å². The summed E-state index contributed by atoms with van der Waals surface area (Å²) < 4.78 is 38.3. The summed E-state index contributed by atoms with van der Waals surface area (Å²) in [7, 11) is 0. The van der Waals surface area contributed by atoms with E-state index in [0.29, 0.717) is 6.07 Å². The second-order valence-electron chi connectivity index (χ2n) is 3.24. The van der Waals surface area contributed by atoms with Crippen LogP contribution in [0.15, 0.2) is 18.2 Å². The molecule has 0 aromatic carbocycles. The van der Waals surface area contributed by atoms with Crippen molar-refractivity contribution in [3.05, 3.63) is 34.6 Å². The van der Waals surface area contributed by atoms with Crippen molar-refractivity contribution in [3.63, 3.8) is 0 Å². The third kappa shape index (κ3) is 2.05. The van der Waals surface area contributed by atoms with E-state index in [4.69, 9.17) is 16.7 Å². The molecular formula is C9H4ClF3N2O2. The van der Waals surface area contributed by atoms with Gasteiger partial charge in [0.1, 0.15) is 5.15 Å². The predicted molar refractivity (Wildman–Crippen MR) is 52.2 cm³/mol. The highest BCUT2D eigenvalue weighted by molar-refractivity contribution is 6.29. The average Bonchev–Trinajstić information content (AvgIpc) is 2.60. The van der Waals surface area contributed by atoms with Crippen LogP contribution >= 0.6 is 11.6 Å². The molecule has 1 N–H and O–H groups in total. The molecule has 0 amide bonds. The largest absolute Gasteiger partial charge is 0.476 e. The maximum absolute atomic E-state index is 12.5. The van der Waals surface area contributed by atoms with Crippen molar-refractivity contribution < 1.29 is 23.1 Å². The average molecular weight is 265 g/mol. The van der Waals surface area contributed by atoms with E-state index in [1.807, 2.05) is 0 Å². The minimum Gasteiger partial charge on any atom is -0.476 e. The monoisotopic (exact) mass is 264 g/mol. The van der Waals surface area contributed by atoms with Gasteiger partial charge in [0.15, 0.2) is 5.69 Å². The van der Waals surface area contributed by atoms with Crippen LogP contribution < -0.4 is 0 Å². The first-order valence-corrected chi connectivity index (χ1v) is 4.66. The minimum atomic E-state index is -4.54. The van der Waals surface area contributed by atoms with Crippen LogP contribution in [0.1, 0.15) is 16.1 Å². The number of hydrogen-bond acceptors (Lipinski definition) is 2. The molecule has 0 unspecified atom stereocenters. The Kier molecular flexibility index (Phi) is 2.50. The molecular weight excluding hydrogens is 261 g/mol. The molecule has 0 aliphatic heterocycles. The number of aromatic carboxylic acids is 1. The molecule has 0 aliphatic rings. The molecule has 2 aromatic heterocycles. The van der Waals surface area contributed by atoms with Crippen LogP contribution in [0.4, 0.5) is 13.2 Å². The molecule has 0 spiro atoms. The summed E-state index contributed by atoms with van der Waals surface area (Å²) in [6.45, 7) is 0. The number of hydrogen-bond donors (Lipinski definition) is 1. The van der Waals surface area contributed by atoms with Gasteiger partial charge in [0.05, 0.1) is 11.1 Å². The minimum absolute atomic E-state index is 0.0257. The molecule has 0 fully saturated rings. The quantitative estimate of drug-likeness (QED) is 0.806. The molecule has 0 atom stereocenters. The first kappa shape index (κ1) is 11.7. The van der Waals surface area contributed by atoms with Gasteiger partial charge < -0.3 is 5.11 Å². The summed E-state index contributed by atoms with van der Waals surface area (Å²) >= 11 is 5.59. The van der Waals surface area contributed by atoms with E-state index in [-0.39, 0.29) is 16.4 Å². The zero-order chi connectivity index (χ0) is 12.8. The number of fused-ring (bicyclic) bond motifs is 1. The van der Waals surface area contributed by atoms with Crippen LogP contribution in [-0.2, 0) is 6.18 Å². The van der Waals surface area contributed by atoms with Crippen molar-refractivity contribution in [3.8, 4) is 0 Å². The van der Waals surface area contributed by atoms with Gasteiger partial charge in [0.25, 0.3) is 0 Å². The van der Waals surface area contributed by atoms with Crippen LogP contribution in [0.25, 0.3) is 5.52 Å². The SMILES string of the molecule is O=C(O)c1cc2cc(C(F)(F)F)cc(Cl)n2n1. The van der Waals surface area contributed by atoms with Gasteiger partial charge in [-0.3, -0.25) is 0 Å². The first-order chi connectivity index (χ1) is 7.79. The first-order valence-electron chi connectivity index (χ1n) is 4.29. The van der Waals surface area contributed by atoms with Crippen LogP contribution in [0.5, 0.6) is 0 Å². The van der Waals surface area contributed by atoms with E-state index < -0.39 is 17.7 Å². The van der Waals surface area contributed by atoms with Gasteiger partial charge in [-0.15, -0.1) is 0 Å². The second kappa shape index (κ2) is 3.63. The molecule has 4 nitrogen and oxygen atoms in total. The molecule has 0 saturated heterocycles. The molecule has 0 bridgehead atoms. The summed E-state index contributed by atoms with van der Waals surface area (Å²) in [5, 5.41) is 11.9. The number of pyridine rings is 1. The van der Waals surface area contributed by atoms with Crippen LogP contribution in [-0.4, -0.2) is 20.7 Å². The lowest BCUT2D eigenvalue weighted by Crippen LogP contribution is -2.06. The normalized spacial score (nSPS) is 12.0. The van der Waals surface area contributed by atoms with Gasteiger partial charge in [0.2, 0.25) is 0 Å². The van der Waals surface area contributed by atoms with Gasteiger partial charge in [0, 0.05) is 0 Å². The van der Waals surface area contributed by atoms with Crippen LogP contribution in [0.3, 0.4) is 0 Å². The summed E-state index contributed by atoms with van der Waals surface area (Å²) in [5.41, 5.74) is -1.35. The van der Waals surface area contributed by atoms with E-state index in [0.717, 1.165) is 16.6 Å². The van der Waals surface area contributed by atoms with Crippen LogP contribution in [0.2, 0.25) is 5.15 Å². The number of carboxylic acids is 1. The lowest BCUT2D eigenvalue weighted by Gasteiger charge is -2.07. The third-order valence-corrected chi connectivity index (χ3v) is 2.33. The van der Waals surface area contributed by atoms with Gasteiger partial charge in [-0.05, 0) is 18.2 Å². The van der Waals surface area contributed by atoms with Crippen molar-refractivity contribution in [2.24, 2.45) is 0 Å². The standard InChI is InChI=1S/C9H4ClF3N2O2/c10-7-2-4(9(11,12)13)1-5-3-6(8(16)17)14-15(5)7/h1-3H,(H,16,17). The highest BCUT2D eigenvalue weighted by Gasteiger charge is 2.31. The van der Waals surface area contributed by atoms with Crippen molar-refractivity contribution in [2.75, 3.05) is 0 Å². The highest BCUT2D eigenvalue weighted by Crippen LogP contribution is 2.32. The Morgan fingerprint density at radius 3 is 2.53 bits per heavy atom. The lowest BCUT2D eigenvalue weighted by molar-refractivity contribution is -0.137. The Morgan fingerprint density at radius 2 is 2.00 bits per heavy atom.